The fourth-order valence-corrected chi connectivity index (χ4v) is 5.31. The van der Waals surface area contributed by atoms with Crippen LogP contribution in [0, 0.1) is 0 Å². The first-order valence-corrected chi connectivity index (χ1v) is 11.8. The molecule has 0 amide bonds. The quantitative estimate of drug-likeness (QED) is 0.267. The third-order valence-electron chi connectivity index (χ3n) is 4.73. The van der Waals surface area contributed by atoms with E-state index in [-0.39, 0.29) is 60.9 Å². The van der Waals surface area contributed by atoms with E-state index in [2.05, 4.69) is 10.0 Å². The van der Waals surface area contributed by atoms with Gasteiger partial charge in [-0.15, -0.1) is 0 Å². The summed E-state index contributed by atoms with van der Waals surface area (Å²) in [5, 5.41) is 2.41. The molecule has 4 unspecified atom stereocenters. The Bertz CT molecular complexity index is 613. The molecule has 2 N–H and O–H groups in total. The van der Waals surface area contributed by atoms with Crippen molar-refractivity contribution in [3.8, 4) is 0 Å². The summed E-state index contributed by atoms with van der Waals surface area (Å²) >= 11 is 0. The molecule has 2 saturated carbocycles. The first-order chi connectivity index (χ1) is 11.1. The Morgan fingerprint density at radius 1 is 1.00 bits per heavy atom. The van der Waals surface area contributed by atoms with Crippen molar-refractivity contribution in [2.75, 3.05) is 13.0 Å². The Morgan fingerprint density at radius 3 is 2.28 bits per heavy atom. The second kappa shape index (κ2) is 10.3. The van der Waals surface area contributed by atoms with E-state index in [1.54, 1.807) is 0 Å². The van der Waals surface area contributed by atoms with Crippen molar-refractivity contribution in [1.29, 1.82) is 0 Å². The summed E-state index contributed by atoms with van der Waals surface area (Å²) < 4.78 is 64.3. The second-order valence-corrected chi connectivity index (χ2v) is 10.3. The van der Waals surface area contributed by atoms with Gasteiger partial charge >= 0.3 is 29.6 Å². The maximum absolute atomic E-state index is 11.3. The molecule has 0 spiro atoms. The molecule has 0 radical (unpaired) electrons. The number of rotatable bonds is 7. The molecule has 2 aliphatic carbocycles. The summed E-state index contributed by atoms with van der Waals surface area (Å²) in [6, 6.07) is 0.108. The second-order valence-electron chi connectivity index (χ2n) is 6.87. The fourth-order valence-electron chi connectivity index (χ4n) is 3.58. The minimum Gasteiger partial charge on any atom is -0.748 e. The van der Waals surface area contributed by atoms with Crippen LogP contribution in [0.2, 0.25) is 0 Å². The maximum atomic E-state index is 11.3. The summed E-state index contributed by atoms with van der Waals surface area (Å²) in [5.41, 5.74) is 0. The zero-order valence-electron chi connectivity index (χ0n) is 14.9. The molecular weight excluding hydrogens is 379 g/mol. The number of hydrogen-bond acceptors (Lipinski definition) is 7. The first kappa shape index (κ1) is 23.8. The van der Waals surface area contributed by atoms with Gasteiger partial charge in [0.2, 0.25) is 10.0 Å². The molecule has 142 valence electrons. The summed E-state index contributed by atoms with van der Waals surface area (Å²) in [6.45, 7) is 0.284. The molecule has 11 heteroatoms. The van der Waals surface area contributed by atoms with Gasteiger partial charge in [0, 0.05) is 12.1 Å². The molecule has 0 aromatic carbocycles. The van der Waals surface area contributed by atoms with Crippen LogP contribution in [0.1, 0.15) is 51.4 Å². The van der Waals surface area contributed by atoms with E-state index in [0.717, 1.165) is 31.9 Å². The maximum Gasteiger partial charge on any atom is 1.00 e. The largest absolute Gasteiger partial charge is 1.00 e. The summed E-state index contributed by atoms with van der Waals surface area (Å²) in [5.74, 6) is 0. The van der Waals surface area contributed by atoms with Gasteiger partial charge in [-0.05, 0) is 44.9 Å². The molecule has 0 saturated heterocycles. The minimum absolute atomic E-state index is 0. The van der Waals surface area contributed by atoms with Gasteiger partial charge in [-0.1, -0.05) is 6.42 Å². The van der Waals surface area contributed by atoms with Crippen LogP contribution in [0.5, 0.6) is 0 Å². The Hall–Kier alpha value is 0.740. The summed E-state index contributed by atoms with van der Waals surface area (Å²) in [6.07, 6.45) is 6.49. The van der Waals surface area contributed by atoms with Crippen molar-refractivity contribution in [2.45, 2.75) is 74.8 Å². The predicted molar refractivity (Wildman–Crippen MR) is 88.9 cm³/mol. The normalized spacial score (nSPS) is 31.3. The SMILES string of the molecule is CS(=O)(=O)NC1CCCC(NCOC2CCCC(S(=O)(=O)[O-])C2)C1.[Na+]. The molecule has 2 fully saturated rings. The zero-order valence-corrected chi connectivity index (χ0v) is 18.6. The fraction of sp³-hybridized carbons (Fsp3) is 1.00. The van der Waals surface area contributed by atoms with Crippen molar-refractivity contribution in [2.24, 2.45) is 0 Å². The smallest absolute Gasteiger partial charge is 0.748 e. The van der Waals surface area contributed by atoms with Crippen LogP contribution in [0.15, 0.2) is 0 Å². The molecule has 0 aliphatic heterocycles. The van der Waals surface area contributed by atoms with E-state index >= 15 is 0 Å². The van der Waals surface area contributed by atoms with E-state index in [1.165, 1.54) is 0 Å². The minimum atomic E-state index is -4.24. The number of hydrogen-bond donors (Lipinski definition) is 2. The predicted octanol–water partition coefficient (Wildman–Crippen LogP) is -2.73. The summed E-state index contributed by atoms with van der Waals surface area (Å²) in [7, 11) is -7.44. The first-order valence-electron chi connectivity index (χ1n) is 8.40. The van der Waals surface area contributed by atoms with Crippen molar-refractivity contribution >= 4 is 20.1 Å². The van der Waals surface area contributed by atoms with Gasteiger partial charge in [-0.2, -0.15) is 0 Å². The average Bonchev–Trinajstić information content (AvgIpc) is 2.45. The van der Waals surface area contributed by atoms with Crippen molar-refractivity contribution in [3.63, 3.8) is 0 Å². The third kappa shape index (κ3) is 8.98. The van der Waals surface area contributed by atoms with Crippen LogP contribution >= 0.6 is 0 Å². The Morgan fingerprint density at radius 2 is 1.64 bits per heavy atom. The molecule has 2 rings (SSSR count). The number of nitrogens with one attached hydrogen (secondary N) is 2. The molecule has 25 heavy (non-hydrogen) atoms. The zero-order chi connectivity index (χ0) is 17.8. The molecule has 0 heterocycles. The molecule has 2 aliphatic rings. The Balaban J connectivity index is 0.00000312. The van der Waals surface area contributed by atoms with Crippen LogP contribution in [0.25, 0.3) is 0 Å². The van der Waals surface area contributed by atoms with Gasteiger partial charge in [-0.3, -0.25) is 5.32 Å². The molecular formula is C14H27N2NaO6S2. The van der Waals surface area contributed by atoms with Crippen molar-refractivity contribution in [3.05, 3.63) is 0 Å². The average molecular weight is 407 g/mol. The van der Waals surface area contributed by atoms with Crippen LogP contribution in [0.4, 0.5) is 0 Å². The Labute approximate surface area is 172 Å². The standard InChI is InChI=1S/C14H28N2O6S2.Na/c1-23(17,18)16-12-5-2-4-11(8-12)15-10-22-13-6-3-7-14(9-13)24(19,20)21;/h11-16H,2-10H2,1H3,(H,19,20,21);/q;+1/p-1. The van der Waals surface area contributed by atoms with Crippen LogP contribution in [0.3, 0.4) is 0 Å². The van der Waals surface area contributed by atoms with E-state index in [4.69, 9.17) is 4.74 Å². The third-order valence-corrected chi connectivity index (χ3v) is 6.74. The van der Waals surface area contributed by atoms with Gasteiger partial charge in [0.25, 0.3) is 0 Å². The van der Waals surface area contributed by atoms with Crippen LogP contribution in [-0.4, -0.2) is 57.8 Å². The molecule has 8 nitrogen and oxygen atoms in total. The van der Waals surface area contributed by atoms with Crippen molar-refractivity contribution in [1.82, 2.24) is 10.0 Å². The van der Waals surface area contributed by atoms with Gasteiger partial charge in [-0.25, -0.2) is 21.6 Å². The molecule has 0 aromatic rings. The van der Waals surface area contributed by atoms with E-state index in [0.29, 0.717) is 19.3 Å². The van der Waals surface area contributed by atoms with Gasteiger partial charge in [0.1, 0.15) is 0 Å². The number of ether oxygens (including phenoxy) is 1. The van der Waals surface area contributed by atoms with Crippen LogP contribution in [-0.2, 0) is 24.9 Å². The van der Waals surface area contributed by atoms with Gasteiger partial charge in [0.05, 0.1) is 34.5 Å². The van der Waals surface area contributed by atoms with Crippen molar-refractivity contribution < 1.29 is 55.7 Å². The van der Waals surface area contributed by atoms with E-state index < -0.39 is 25.4 Å². The van der Waals surface area contributed by atoms with Gasteiger partial charge in [0.15, 0.2) is 0 Å². The monoisotopic (exact) mass is 406 g/mol. The topological polar surface area (TPSA) is 125 Å². The molecule has 4 atom stereocenters. The van der Waals surface area contributed by atoms with Gasteiger partial charge < -0.3 is 9.29 Å². The van der Waals surface area contributed by atoms with E-state index in [1.807, 2.05) is 0 Å². The molecule has 0 aromatic heterocycles. The van der Waals surface area contributed by atoms with Crippen LogP contribution < -0.4 is 39.6 Å². The van der Waals surface area contributed by atoms with E-state index in [9.17, 15) is 21.4 Å². The summed E-state index contributed by atoms with van der Waals surface area (Å²) in [4.78, 5) is 0. The molecule has 0 bridgehead atoms. The Kier molecular flexibility index (Phi) is 9.83. The number of sulfonamides is 1.